The van der Waals surface area contributed by atoms with E-state index in [1.165, 1.54) is 0 Å². The Bertz CT molecular complexity index is 631. The lowest BCUT2D eigenvalue weighted by atomic mass is 10.1. The summed E-state index contributed by atoms with van der Waals surface area (Å²) in [5, 5.41) is 0. The Hall–Kier alpha value is -0.470. The fraction of sp³-hybridized carbons (Fsp3) is 0.571. The number of benzene rings is 1. The van der Waals surface area contributed by atoms with Crippen molar-refractivity contribution >= 4 is 26.0 Å². The molecule has 3 rings (SSSR count). The molecule has 21 heavy (non-hydrogen) atoms. The highest BCUT2D eigenvalue weighted by molar-refractivity contribution is 9.10. The Morgan fingerprint density at radius 1 is 1.33 bits per heavy atom. The van der Waals surface area contributed by atoms with Crippen molar-refractivity contribution in [2.45, 2.75) is 42.8 Å². The molecule has 2 fully saturated rings. The second-order valence-electron chi connectivity index (χ2n) is 5.66. The minimum Gasteiger partial charge on any atom is -0.376 e. The molecule has 1 saturated heterocycles. The largest absolute Gasteiger partial charge is 0.376 e. The van der Waals surface area contributed by atoms with Crippen LogP contribution in [0.25, 0.3) is 0 Å². The molecule has 1 aromatic rings. The molecule has 0 radical (unpaired) electrons. The van der Waals surface area contributed by atoms with Crippen molar-refractivity contribution < 1.29 is 13.2 Å². The summed E-state index contributed by atoms with van der Waals surface area (Å²) in [6.07, 6.45) is 3.04. The zero-order chi connectivity index (χ0) is 15.0. The summed E-state index contributed by atoms with van der Waals surface area (Å²) in [6, 6.07) is 4.96. The summed E-state index contributed by atoms with van der Waals surface area (Å²) in [7, 11) is -3.56. The zero-order valence-corrected chi connectivity index (χ0v) is 14.0. The fourth-order valence-corrected chi connectivity index (χ4v) is 5.18. The average molecular weight is 375 g/mol. The van der Waals surface area contributed by atoms with Gasteiger partial charge in [-0.05, 0) is 58.8 Å². The number of nitrogens with one attached hydrogen (secondary N) is 1. The van der Waals surface area contributed by atoms with Crippen LogP contribution in [-0.2, 0) is 21.3 Å². The highest BCUT2D eigenvalue weighted by atomic mass is 79.9. The van der Waals surface area contributed by atoms with E-state index < -0.39 is 10.0 Å². The summed E-state index contributed by atoms with van der Waals surface area (Å²) < 4.78 is 34.2. The number of sulfonamides is 1. The van der Waals surface area contributed by atoms with Gasteiger partial charge in [0.15, 0.2) is 0 Å². The van der Waals surface area contributed by atoms with E-state index >= 15 is 0 Å². The summed E-state index contributed by atoms with van der Waals surface area (Å²) in [6.45, 7) is 1.01. The van der Waals surface area contributed by atoms with Crippen LogP contribution in [0.2, 0.25) is 0 Å². The van der Waals surface area contributed by atoms with Gasteiger partial charge in [-0.1, -0.05) is 6.07 Å². The average Bonchev–Trinajstić information content (AvgIpc) is 3.19. The molecule has 0 bridgehead atoms. The van der Waals surface area contributed by atoms with E-state index in [2.05, 4.69) is 20.7 Å². The van der Waals surface area contributed by atoms with E-state index in [-0.39, 0.29) is 17.0 Å². The lowest BCUT2D eigenvalue weighted by Gasteiger charge is -2.20. The maximum atomic E-state index is 12.6. The van der Waals surface area contributed by atoms with Crippen LogP contribution in [0.4, 0.5) is 0 Å². The first-order valence-corrected chi connectivity index (χ1v) is 9.41. The smallest absolute Gasteiger partial charge is 0.242 e. The minimum absolute atomic E-state index is 0.0295. The van der Waals surface area contributed by atoms with Gasteiger partial charge in [-0.25, -0.2) is 13.1 Å². The third-order valence-electron chi connectivity index (χ3n) is 4.05. The molecule has 1 heterocycles. The van der Waals surface area contributed by atoms with Gasteiger partial charge in [0.1, 0.15) is 0 Å². The summed E-state index contributed by atoms with van der Waals surface area (Å²) in [5.74, 6) is 0.517. The molecule has 116 valence electrons. The van der Waals surface area contributed by atoms with Crippen LogP contribution < -0.4 is 10.5 Å². The highest BCUT2D eigenvalue weighted by Crippen LogP contribution is 2.39. The van der Waals surface area contributed by atoms with Gasteiger partial charge in [-0.3, -0.25) is 0 Å². The third kappa shape index (κ3) is 3.32. The molecule has 0 amide bonds. The van der Waals surface area contributed by atoms with Gasteiger partial charge in [0.2, 0.25) is 10.0 Å². The van der Waals surface area contributed by atoms with Crippen LogP contribution in [0.1, 0.15) is 24.8 Å². The van der Waals surface area contributed by atoms with Crippen molar-refractivity contribution in [1.82, 2.24) is 4.72 Å². The van der Waals surface area contributed by atoms with Crippen molar-refractivity contribution in [2.75, 3.05) is 6.61 Å². The van der Waals surface area contributed by atoms with Gasteiger partial charge in [0, 0.05) is 17.6 Å². The number of hydrogen-bond donors (Lipinski definition) is 2. The molecular weight excluding hydrogens is 356 g/mol. The molecule has 0 spiro atoms. The Balaban J connectivity index is 1.80. The lowest BCUT2D eigenvalue weighted by Crippen LogP contribution is -2.41. The quantitative estimate of drug-likeness (QED) is 0.822. The van der Waals surface area contributed by atoms with Crippen LogP contribution in [0.3, 0.4) is 0 Å². The highest BCUT2D eigenvalue weighted by Gasteiger charge is 2.42. The first-order valence-electron chi connectivity index (χ1n) is 7.13. The van der Waals surface area contributed by atoms with Gasteiger partial charge in [0.25, 0.3) is 0 Å². The normalized spacial score (nSPS) is 26.2. The first-order chi connectivity index (χ1) is 10.0. The molecule has 2 atom stereocenters. The van der Waals surface area contributed by atoms with Gasteiger partial charge < -0.3 is 10.5 Å². The van der Waals surface area contributed by atoms with Crippen molar-refractivity contribution in [3.05, 3.63) is 28.2 Å². The lowest BCUT2D eigenvalue weighted by molar-refractivity contribution is 0.0848. The Labute approximate surface area is 133 Å². The van der Waals surface area contributed by atoms with Crippen molar-refractivity contribution in [2.24, 2.45) is 11.7 Å². The summed E-state index contributed by atoms with van der Waals surface area (Å²) in [5.41, 5.74) is 6.46. The molecule has 1 aliphatic heterocycles. The minimum atomic E-state index is -3.56. The van der Waals surface area contributed by atoms with E-state index in [4.69, 9.17) is 10.5 Å². The fourth-order valence-electron chi connectivity index (χ4n) is 2.78. The Kier molecular flexibility index (Phi) is 4.38. The van der Waals surface area contributed by atoms with Crippen molar-refractivity contribution in [1.29, 1.82) is 0 Å². The van der Waals surface area contributed by atoms with Crippen molar-refractivity contribution in [3.63, 3.8) is 0 Å². The molecule has 0 aromatic heterocycles. The molecule has 2 unspecified atom stereocenters. The van der Waals surface area contributed by atoms with E-state index in [9.17, 15) is 8.42 Å². The Morgan fingerprint density at radius 2 is 2.10 bits per heavy atom. The molecule has 1 aromatic carbocycles. The zero-order valence-electron chi connectivity index (χ0n) is 11.6. The first kappa shape index (κ1) is 15.4. The van der Waals surface area contributed by atoms with Crippen LogP contribution in [0, 0.1) is 5.92 Å². The maximum absolute atomic E-state index is 12.6. The molecule has 2 aliphatic rings. The second kappa shape index (κ2) is 5.96. The topological polar surface area (TPSA) is 81.4 Å². The second-order valence-corrected chi connectivity index (χ2v) is 8.19. The number of rotatable bonds is 5. The predicted molar refractivity (Wildman–Crippen MR) is 83.2 cm³/mol. The van der Waals surface area contributed by atoms with Gasteiger partial charge in [0.05, 0.1) is 17.0 Å². The van der Waals surface area contributed by atoms with Gasteiger partial charge in [-0.15, -0.1) is 0 Å². The monoisotopic (exact) mass is 374 g/mol. The van der Waals surface area contributed by atoms with E-state index in [0.29, 0.717) is 23.5 Å². The summed E-state index contributed by atoms with van der Waals surface area (Å²) in [4.78, 5) is 0.251. The number of ether oxygens (including phenoxy) is 1. The Morgan fingerprint density at radius 3 is 2.71 bits per heavy atom. The van der Waals surface area contributed by atoms with Gasteiger partial charge >= 0.3 is 0 Å². The SMILES string of the molecule is NCc1ccc(S(=O)(=O)NC2CCOC2C2CC2)c(Br)c1. The molecular formula is C14H19BrN2O3S. The van der Waals surface area contributed by atoms with E-state index in [1.54, 1.807) is 18.2 Å². The van der Waals surface area contributed by atoms with E-state index in [0.717, 1.165) is 24.8 Å². The maximum Gasteiger partial charge on any atom is 0.242 e. The van der Waals surface area contributed by atoms with Gasteiger partial charge in [-0.2, -0.15) is 0 Å². The van der Waals surface area contributed by atoms with Crippen LogP contribution in [0.5, 0.6) is 0 Å². The molecule has 5 nitrogen and oxygen atoms in total. The number of halogens is 1. The summed E-state index contributed by atoms with van der Waals surface area (Å²) >= 11 is 3.32. The standard InChI is InChI=1S/C14H19BrN2O3S/c15-11-7-9(8-16)1-4-13(11)21(18,19)17-12-5-6-20-14(12)10-2-3-10/h1,4,7,10,12,14,17H,2-3,5-6,8,16H2. The van der Waals surface area contributed by atoms with E-state index in [1.807, 2.05) is 0 Å². The van der Waals surface area contributed by atoms with Crippen molar-refractivity contribution in [3.8, 4) is 0 Å². The van der Waals surface area contributed by atoms with Crippen LogP contribution in [0.15, 0.2) is 27.6 Å². The molecule has 3 N–H and O–H groups in total. The number of hydrogen-bond acceptors (Lipinski definition) is 4. The molecule has 1 saturated carbocycles. The van der Waals surface area contributed by atoms with Crippen LogP contribution >= 0.6 is 15.9 Å². The van der Waals surface area contributed by atoms with Crippen LogP contribution in [-0.4, -0.2) is 27.2 Å². The molecule has 7 heteroatoms. The predicted octanol–water partition coefficient (Wildman–Crippen LogP) is 1.75. The third-order valence-corrected chi connectivity index (χ3v) is 6.52. The molecule has 1 aliphatic carbocycles. The number of nitrogens with two attached hydrogens (primary N) is 1.